The maximum atomic E-state index is 6.35. The molecule has 20 heavy (non-hydrogen) atoms. The van der Waals surface area contributed by atoms with Gasteiger partial charge in [0.15, 0.2) is 0 Å². The van der Waals surface area contributed by atoms with Gasteiger partial charge < -0.3 is 9.47 Å². The zero-order chi connectivity index (χ0) is 14.0. The van der Waals surface area contributed by atoms with Crippen molar-refractivity contribution in [2.75, 3.05) is 18.1 Å². The lowest BCUT2D eigenvalue weighted by atomic mass is 9.91. The lowest BCUT2D eigenvalue weighted by Crippen LogP contribution is -2.43. The SMILES string of the molecule is CC(C)c1ccccc1OC1CCOC2(CCSC2)C1. The Bertz CT molecular complexity index is 452. The maximum Gasteiger partial charge on any atom is 0.123 e. The third kappa shape index (κ3) is 2.99. The number of thioether (sulfide) groups is 1. The lowest BCUT2D eigenvalue weighted by molar-refractivity contribution is -0.0960. The quantitative estimate of drug-likeness (QED) is 0.830. The zero-order valence-corrected chi connectivity index (χ0v) is 13.2. The van der Waals surface area contributed by atoms with Crippen molar-refractivity contribution >= 4 is 11.8 Å². The van der Waals surface area contributed by atoms with Crippen LogP contribution in [0.4, 0.5) is 0 Å². The Labute approximate surface area is 126 Å². The van der Waals surface area contributed by atoms with Gasteiger partial charge in [-0.05, 0) is 29.7 Å². The molecular weight excluding hydrogens is 268 g/mol. The molecule has 2 nitrogen and oxygen atoms in total. The second-order valence-corrected chi connectivity index (χ2v) is 7.36. The number of hydrogen-bond acceptors (Lipinski definition) is 3. The van der Waals surface area contributed by atoms with Crippen LogP contribution in [0.2, 0.25) is 0 Å². The van der Waals surface area contributed by atoms with Gasteiger partial charge in [-0.3, -0.25) is 0 Å². The van der Waals surface area contributed by atoms with Gasteiger partial charge in [-0.1, -0.05) is 32.0 Å². The van der Waals surface area contributed by atoms with Crippen molar-refractivity contribution < 1.29 is 9.47 Å². The van der Waals surface area contributed by atoms with Crippen LogP contribution in [0.1, 0.15) is 44.6 Å². The summed E-state index contributed by atoms with van der Waals surface area (Å²) in [5.41, 5.74) is 1.41. The van der Waals surface area contributed by atoms with E-state index >= 15 is 0 Å². The monoisotopic (exact) mass is 292 g/mol. The fraction of sp³-hybridized carbons (Fsp3) is 0.647. The summed E-state index contributed by atoms with van der Waals surface area (Å²) in [7, 11) is 0. The van der Waals surface area contributed by atoms with Crippen LogP contribution in [-0.4, -0.2) is 29.8 Å². The summed E-state index contributed by atoms with van der Waals surface area (Å²) in [6.07, 6.45) is 3.55. The van der Waals surface area contributed by atoms with Gasteiger partial charge in [-0.15, -0.1) is 0 Å². The van der Waals surface area contributed by atoms with E-state index in [-0.39, 0.29) is 5.60 Å². The highest BCUT2D eigenvalue weighted by molar-refractivity contribution is 7.99. The van der Waals surface area contributed by atoms with Gasteiger partial charge in [-0.25, -0.2) is 0 Å². The summed E-state index contributed by atoms with van der Waals surface area (Å²) < 4.78 is 12.4. The molecule has 2 unspecified atom stereocenters. The second-order valence-electron chi connectivity index (χ2n) is 6.26. The smallest absolute Gasteiger partial charge is 0.123 e. The fourth-order valence-corrected chi connectivity index (χ4v) is 4.57. The van der Waals surface area contributed by atoms with E-state index in [4.69, 9.17) is 9.47 Å². The van der Waals surface area contributed by atoms with Gasteiger partial charge in [0.1, 0.15) is 11.9 Å². The predicted octanol–water partition coefficient (Wildman–Crippen LogP) is 4.24. The molecular formula is C17H24O2S. The van der Waals surface area contributed by atoms with Gasteiger partial charge in [0.05, 0.1) is 12.2 Å². The highest BCUT2D eigenvalue weighted by Crippen LogP contribution is 2.39. The first-order chi connectivity index (χ1) is 9.69. The molecule has 2 fully saturated rings. The highest BCUT2D eigenvalue weighted by atomic mass is 32.2. The van der Waals surface area contributed by atoms with Crippen LogP contribution in [-0.2, 0) is 4.74 Å². The maximum absolute atomic E-state index is 6.35. The molecule has 110 valence electrons. The van der Waals surface area contributed by atoms with E-state index < -0.39 is 0 Å². The van der Waals surface area contributed by atoms with E-state index in [0.717, 1.165) is 31.0 Å². The Morgan fingerprint density at radius 2 is 2.20 bits per heavy atom. The molecule has 0 aliphatic carbocycles. The summed E-state index contributed by atoms with van der Waals surface area (Å²) in [6, 6.07) is 8.46. The van der Waals surface area contributed by atoms with Crippen LogP contribution in [0.5, 0.6) is 5.75 Å². The molecule has 3 heteroatoms. The van der Waals surface area contributed by atoms with Gasteiger partial charge in [0, 0.05) is 18.6 Å². The first-order valence-corrected chi connectivity index (χ1v) is 8.81. The topological polar surface area (TPSA) is 18.5 Å². The standard InChI is InChI=1S/C17H24O2S/c1-13(2)15-5-3-4-6-16(15)19-14-7-9-18-17(11-14)8-10-20-12-17/h3-6,13-14H,7-12H2,1-2H3. The van der Waals surface area contributed by atoms with Crippen LogP contribution in [0.3, 0.4) is 0 Å². The minimum Gasteiger partial charge on any atom is -0.490 e. The normalized spacial score (nSPS) is 30.1. The second kappa shape index (κ2) is 5.98. The van der Waals surface area contributed by atoms with E-state index in [1.165, 1.54) is 17.7 Å². The predicted molar refractivity (Wildman–Crippen MR) is 84.8 cm³/mol. The molecule has 0 aromatic heterocycles. The Morgan fingerprint density at radius 1 is 1.35 bits per heavy atom. The Kier molecular flexibility index (Phi) is 4.27. The molecule has 2 heterocycles. The summed E-state index contributed by atoms with van der Waals surface area (Å²) in [5.74, 6) is 3.94. The molecule has 0 N–H and O–H groups in total. The zero-order valence-electron chi connectivity index (χ0n) is 12.4. The van der Waals surface area contributed by atoms with Crippen molar-refractivity contribution in [3.8, 4) is 5.75 Å². The minimum absolute atomic E-state index is 0.0976. The largest absolute Gasteiger partial charge is 0.490 e. The van der Waals surface area contributed by atoms with Gasteiger partial charge in [0.25, 0.3) is 0 Å². The Morgan fingerprint density at radius 3 is 2.95 bits per heavy atom. The molecule has 3 rings (SSSR count). The summed E-state index contributed by atoms with van der Waals surface area (Å²) in [5, 5.41) is 0. The van der Waals surface area contributed by atoms with Crippen LogP contribution in [0.15, 0.2) is 24.3 Å². The van der Waals surface area contributed by atoms with Crippen molar-refractivity contribution in [2.45, 2.75) is 50.7 Å². The van der Waals surface area contributed by atoms with Gasteiger partial charge >= 0.3 is 0 Å². The minimum atomic E-state index is 0.0976. The van der Waals surface area contributed by atoms with Crippen molar-refractivity contribution in [2.24, 2.45) is 0 Å². The molecule has 0 amide bonds. The molecule has 1 spiro atoms. The molecule has 0 saturated carbocycles. The molecule has 1 aromatic rings. The third-order valence-corrected chi connectivity index (χ3v) is 5.57. The summed E-state index contributed by atoms with van der Waals surface area (Å²) >= 11 is 2.02. The van der Waals surface area contributed by atoms with Crippen molar-refractivity contribution in [1.82, 2.24) is 0 Å². The van der Waals surface area contributed by atoms with Crippen LogP contribution < -0.4 is 4.74 Å². The number of hydrogen-bond donors (Lipinski definition) is 0. The third-order valence-electron chi connectivity index (χ3n) is 4.35. The number of para-hydroxylation sites is 1. The van der Waals surface area contributed by atoms with Crippen molar-refractivity contribution in [3.05, 3.63) is 29.8 Å². The van der Waals surface area contributed by atoms with E-state index in [1.807, 2.05) is 11.8 Å². The molecule has 0 radical (unpaired) electrons. The average molecular weight is 292 g/mol. The first-order valence-electron chi connectivity index (χ1n) is 7.66. The molecule has 2 aliphatic rings. The van der Waals surface area contributed by atoms with Crippen molar-refractivity contribution in [1.29, 1.82) is 0 Å². The Balaban J connectivity index is 1.71. The molecule has 0 bridgehead atoms. The fourth-order valence-electron chi connectivity index (χ4n) is 3.19. The van der Waals surface area contributed by atoms with Crippen LogP contribution in [0, 0.1) is 0 Å². The Hall–Kier alpha value is -0.670. The van der Waals surface area contributed by atoms with E-state index in [9.17, 15) is 0 Å². The lowest BCUT2D eigenvalue weighted by Gasteiger charge is -2.38. The van der Waals surface area contributed by atoms with E-state index in [0.29, 0.717) is 12.0 Å². The van der Waals surface area contributed by atoms with Gasteiger partial charge in [0.2, 0.25) is 0 Å². The van der Waals surface area contributed by atoms with E-state index in [1.54, 1.807) is 0 Å². The number of rotatable bonds is 3. The molecule has 2 atom stereocenters. The molecule has 1 aromatic carbocycles. The van der Waals surface area contributed by atoms with E-state index in [2.05, 4.69) is 38.1 Å². The first kappa shape index (κ1) is 14.3. The van der Waals surface area contributed by atoms with Crippen LogP contribution in [0.25, 0.3) is 0 Å². The van der Waals surface area contributed by atoms with Crippen LogP contribution >= 0.6 is 11.8 Å². The number of ether oxygens (including phenoxy) is 2. The summed E-state index contributed by atoms with van der Waals surface area (Å²) in [4.78, 5) is 0. The van der Waals surface area contributed by atoms with Crippen molar-refractivity contribution in [3.63, 3.8) is 0 Å². The molecule has 2 saturated heterocycles. The average Bonchev–Trinajstić information content (AvgIpc) is 2.87. The number of benzene rings is 1. The summed E-state index contributed by atoms with van der Waals surface area (Å²) in [6.45, 7) is 5.29. The van der Waals surface area contributed by atoms with Gasteiger partial charge in [-0.2, -0.15) is 11.8 Å². The highest BCUT2D eigenvalue weighted by Gasteiger charge is 2.41. The molecule has 2 aliphatic heterocycles.